The zero-order valence-electron chi connectivity index (χ0n) is 15.4. The Morgan fingerprint density at radius 1 is 1.12 bits per heavy atom. The van der Waals surface area contributed by atoms with Gasteiger partial charge in [-0.05, 0) is 50.3 Å². The third-order valence-corrected chi connectivity index (χ3v) is 4.87. The van der Waals surface area contributed by atoms with Crippen LogP contribution in [0.3, 0.4) is 0 Å². The van der Waals surface area contributed by atoms with Crippen molar-refractivity contribution in [3.63, 3.8) is 0 Å². The van der Waals surface area contributed by atoms with Crippen LogP contribution in [0.15, 0.2) is 28.8 Å². The molecule has 1 aliphatic rings. The van der Waals surface area contributed by atoms with Gasteiger partial charge in [-0.1, -0.05) is 17.3 Å². The SMILES string of the molecule is Cc1ccc(-c2cc(C(=O)NCCC(=O)N3CCCCC3)no2)cc1C. The maximum Gasteiger partial charge on any atom is 0.273 e. The second-order valence-corrected chi connectivity index (χ2v) is 6.82. The Hall–Kier alpha value is -2.63. The predicted molar refractivity (Wildman–Crippen MR) is 98.8 cm³/mol. The van der Waals surface area contributed by atoms with Crippen molar-refractivity contribution in [2.75, 3.05) is 19.6 Å². The average molecular weight is 355 g/mol. The van der Waals surface area contributed by atoms with E-state index in [9.17, 15) is 9.59 Å². The van der Waals surface area contributed by atoms with Crippen LogP contribution in [-0.4, -0.2) is 41.5 Å². The van der Waals surface area contributed by atoms with E-state index in [-0.39, 0.29) is 17.5 Å². The van der Waals surface area contributed by atoms with Crippen molar-refractivity contribution in [2.45, 2.75) is 39.5 Å². The van der Waals surface area contributed by atoms with Gasteiger partial charge in [-0.3, -0.25) is 9.59 Å². The van der Waals surface area contributed by atoms with Gasteiger partial charge in [-0.15, -0.1) is 0 Å². The highest BCUT2D eigenvalue weighted by atomic mass is 16.5. The molecule has 3 rings (SSSR count). The Labute approximate surface area is 153 Å². The number of carbonyl (C=O) groups is 2. The maximum absolute atomic E-state index is 12.2. The highest BCUT2D eigenvalue weighted by Crippen LogP contribution is 2.23. The summed E-state index contributed by atoms with van der Waals surface area (Å²) in [4.78, 5) is 26.2. The number of likely N-dealkylation sites (tertiary alicyclic amines) is 1. The van der Waals surface area contributed by atoms with E-state index in [2.05, 4.69) is 10.5 Å². The second-order valence-electron chi connectivity index (χ2n) is 6.82. The summed E-state index contributed by atoms with van der Waals surface area (Å²) >= 11 is 0. The highest BCUT2D eigenvalue weighted by Gasteiger charge is 2.17. The number of piperidine rings is 1. The molecule has 26 heavy (non-hydrogen) atoms. The Kier molecular flexibility index (Phi) is 5.71. The van der Waals surface area contributed by atoms with Crippen LogP contribution >= 0.6 is 0 Å². The molecule has 1 N–H and O–H groups in total. The summed E-state index contributed by atoms with van der Waals surface area (Å²) in [6, 6.07) is 7.60. The summed E-state index contributed by atoms with van der Waals surface area (Å²) in [6.07, 6.45) is 3.64. The smallest absolute Gasteiger partial charge is 0.273 e. The van der Waals surface area contributed by atoms with Gasteiger partial charge in [0.1, 0.15) is 0 Å². The average Bonchev–Trinajstić information content (AvgIpc) is 3.15. The number of aryl methyl sites for hydroxylation is 2. The van der Waals surface area contributed by atoms with E-state index >= 15 is 0 Å². The summed E-state index contributed by atoms with van der Waals surface area (Å²) in [5, 5.41) is 6.60. The number of carbonyl (C=O) groups excluding carboxylic acids is 2. The molecule has 1 aliphatic heterocycles. The lowest BCUT2D eigenvalue weighted by molar-refractivity contribution is -0.131. The summed E-state index contributed by atoms with van der Waals surface area (Å²) in [6.45, 7) is 6.04. The fourth-order valence-electron chi connectivity index (χ4n) is 3.09. The van der Waals surface area contributed by atoms with Crippen LogP contribution < -0.4 is 5.32 Å². The first-order valence-electron chi connectivity index (χ1n) is 9.15. The lowest BCUT2D eigenvalue weighted by atomic mass is 10.0. The van der Waals surface area contributed by atoms with Gasteiger partial charge in [-0.2, -0.15) is 0 Å². The Bertz CT molecular complexity index is 791. The largest absolute Gasteiger partial charge is 0.355 e. The van der Waals surface area contributed by atoms with Crippen LogP contribution in [0, 0.1) is 13.8 Å². The van der Waals surface area contributed by atoms with E-state index in [0.717, 1.165) is 37.1 Å². The van der Waals surface area contributed by atoms with Crippen LogP contribution in [0.5, 0.6) is 0 Å². The topological polar surface area (TPSA) is 75.4 Å². The van der Waals surface area contributed by atoms with Gasteiger partial charge in [0.05, 0.1) is 0 Å². The highest BCUT2D eigenvalue weighted by molar-refractivity contribution is 5.93. The van der Waals surface area contributed by atoms with Crippen LogP contribution in [-0.2, 0) is 4.79 Å². The zero-order valence-corrected chi connectivity index (χ0v) is 15.4. The molecule has 0 saturated carbocycles. The van der Waals surface area contributed by atoms with Crippen molar-refractivity contribution in [1.82, 2.24) is 15.4 Å². The number of rotatable bonds is 5. The number of aromatic nitrogens is 1. The van der Waals surface area contributed by atoms with Gasteiger partial charge in [0.2, 0.25) is 5.91 Å². The maximum atomic E-state index is 12.2. The lowest BCUT2D eigenvalue weighted by Gasteiger charge is -2.26. The Balaban J connectivity index is 1.53. The third kappa shape index (κ3) is 4.31. The summed E-state index contributed by atoms with van der Waals surface area (Å²) < 4.78 is 5.30. The molecule has 1 fully saturated rings. The van der Waals surface area contributed by atoms with Gasteiger partial charge in [0.25, 0.3) is 5.91 Å². The van der Waals surface area contributed by atoms with Gasteiger partial charge in [0.15, 0.2) is 11.5 Å². The molecule has 0 radical (unpaired) electrons. The molecule has 0 atom stereocenters. The number of hydrogen-bond acceptors (Lipinski definition) is 4. The van der Waals surface area contributed by atoms with Gasteiger partial charge < -0.3 is 14.7 Å². The van der Waals surface area contributed by atoms with Crippen LogP contribution in [0.25, 0.3) is 11.3 Å². The van der Waals surface area contributed by atoms with Crippen LogP contribution in [0.4, 0.5) is 0 Å². The van der Waals surface area contributed by atoms with E-state index < -0.39 is 0 Å². The molecule has 6 nitrogen and oxygen atoms in total. The van der Waals surface area contributed by atoms with Crippen molar-refractivity contribution in [3.8, 4) is 11.3 Å². The van der Waals surface area contributed by atoms with E-state index in [1.807, 2.05) is 36.9 Å². The zero-order chi connectivity index (χ0) is 18.5. The van der Waals surface area contributed by atoms with Crippen molar-refractivity contribution >= 4 is 11.8 Å². The van der Waals surface area contributed by atoms with Gasteiger partial charge >= 0.3 is 0 Å². The van der Waals surface area contributed by atoms with Gasteiger partial charge in [0, 0.05) is 37.7 Å². The molecule has 0 bridgehead atoms. The summed E-state index contributed by atoms with van der Waals surface area (Å²) in [5.41, 5.74) is 3.47. The third-order valence-electron chi connectivity index (χ3n) is 4.87. The van der Waals surface area contributed by atoms with E-state index in [1.54, 1.807) is 6.07 Å². The van der Waals surface area contributed by atoms with Crippen molar-refractivity contribution in [3.05, 3.63) is 41.1 Å². The molecule has 1 aromatic heterocycles. The molecule has 1 aromatic carbocycles. The Morgan fingerprint density at radius 2 is 1.88 bits per heavy atom. The fraction of sp³-hybridized carbons (Fsp3) is 0.450. The molecule has 2 amide bonds. The van der Waals surface area contributed by atoms with Crippen LogP contribution in [0.2, 0.25) is 0 Å². The van der Waals surface area contributed by atoms with E-state index in [1.165, 1.54) is 12.0 Å². The predicted octanol–water partition coefficient (Wildman–Crippen LogP) is 3.09. The molecule has 2 aromatic rings. The summed E-state index contributed by atoms with van der Waals surface area (Å²) in [5.74, 6) is 0.332. The number of benzene rings is 1. The molecular weight excluding hydrogens is 330 g/mol. The van der Waals surface area contributed by atoms with Crippen LogP contribution in [0.1, 0.15) is 47.3 Å². The molecule has 138 valence electrons. The molecule has 2 heterocycles. The minimum Gasteiger partial charge on any atom is -0.355 e. The first-order valence-corrected chi connectivity index (χ1v) is 9.15. The molecule has 0 unspecified atom stereocenters. The molecular formula is C20H25N3O3. The monoisotopic (exact) mass is 355 g/mol. The summed E-state index contributed by atoms with van der Waals surface area (Å²) in [7, 11) is 0. The van der Waals surface area contributed by atoms with E-state index in [0.29, 0.717) is 18.7 Å². The van der Waals surface area contributed by atoms with Crippen molar-refractivity contribution < 1.29 is 14.1 Å². The molecule has 0 spiro atoms. The second kappa shape index (κ2) is 8.17. The normalized spacial score (nSPS) is 14.3. The molecule has 0 aliphatic carbocycles. The standard InChI is InChI=1S/C20H25N3O3/c1-14-6-7-16(12-15(14)2)18-13-17(22-26-18)20(25)21-9-8-19(24)23-10-4-3-5-11-23/h6-7,12-13H,3-5,8-11H2,1-2H3,(H,21,25). The minimum absolute atomic E-state index is 0.0981. The van der Waals surface area contributed by atoms with Crippen molar-refractivity contribution in [2.24, 2.45) is 0 Å². The molecule has 6 heteroatoms. The Morgan fingerprint density at radius 3 is 2.62 bits per heavy atom. The minimum atomic E-state index is -0.324. The quantitative estimate of drug-likeness (QED) is 0.894. The number of hydrogen-bond donors (Lipinski definition) is 1. The van der Waals surface area contributed by atoms with Crippen molar-refractivity contribution in [1.29, 1.82) is 0 Å². The van der Waals surface area contributed by atoms with E-state index in [4.69, 9.17) is 4.52 Å². The number of nitrogens with one attached hydrogen (secondary N) is 1. The number of amides is 2. The fourth-order valence-corrected chi connectivity index (χ4v) is 3.09. The first-order chi connectivity index (χ1) is 12.5. The number of nitrogens with zero attached hydrogens (tertiary/aromatic N) is 2. The molecule has 1 saturated heterocycles. The first kappa shape index (κ1) is 18.2. The lowest BCUT2D eigenvalue weighted by Crippen LogP contribution is -2.37. The van der Waals surface area contributed by atoms with Gasteiger partial charge in [-0.25, -0.2) is 0 Å².